The highest BCUT2D eigenvalue weighted by atomic mass is 32.2. The molecule has 0 bridgehead atoms. The Morgan fingerprint density at radius 3 is 2.52 bits per heavy atom. The van der Waals surface area contributed by atoms with E-state index < -0.39 is 0 Å². The Labute approximate surface area is 144 Å². The van der Waals surface area contributed by atoms with Gasteiger partial charge in [0.05, 0.1) is 11.3 Å². The Morgan fingerprint density at radius 2 is 1.87 bits per heavy atom. The molecule has 112 valence electrons. The molecule has 0 fully saturated rings. The van der Waals surface area contributed by atoms with Crippen LogP contribution in [0.1, 0.15) is 10.6 Å². The lowest BCUT2D eigenvalue weighted by atomic mass is 10.1. The van der Waals surface area contributed by atoms with Crippen molar-refractivity contribution in [1.29, 1.82) is 5.26 Å². The number of thiazole rings is 1. The number of allylic oxidation sites excluding steroid dienone is 1. The van der Waals surface area contributed by atoms with Crippen LogP contribution in [0.25, 0.3) is 22.9 Å². The molecule has 3 rings (SSSR count). The highest BCUT2D eigenvalue weighted by Gasteiger charge is 2.08. The number of hydrogen-bond donors (Lipinski definition) is 0. The molecule has 2 nitrogen and oxygen atoms in total. The third-order valence-corrected chi connectivity index (χ3v) is 4.97. The number of nitriles is 1. The Morgan fingerprint density at radius 1 is 1.13 bits per heavy atom. The maximum atomic E-state index is 9.47. The van der Waals surface area contributed by atoms with Gasteiger partial charge in [-0.25, -0.2) is 4.98 Å². The van der Waals surface area contributed by atoms with E-state index in [0.717, 1.165) is 21.8 Å². The fourth-order valence-electron chi connectivity index (χ4n) is 2.15. The molecule has 0 radical (unpaired) electrons. The van der Waals surface area contributed by atoms with E-state index in [1.165, 1.54) is 16.2 Å². The van der Waals surface area contributed by atoms with Gasteiger partial charge < -0.3 is 0 Å². The first-order valence-electron chi connectivity index (χ1n) is 7.07. The van der Waals surface area contributed by atoms with Gasteiger partial charge in [-0.3, -0.25) is 0 Å². The summed E-state index contributed by atoms with van der Waals surface area (Å²) in [5, 5.41) is 12.2. The molecule has 0 spiro atoms. The molecule has 1 heterocycles. The van der Waals surface area contributed by atoms with E-state index in [2.05, 4.69) is 23.2 Å². The van der Waals surface area contributed by atoms with Crippen LogP contribution in [0.5, 0.6) is 0 Å². The molecule has 3 aromatic rings. The number of hydrogen-bond acceptors (Lipinski definition) is 4. The number of aromatic nitrogens is 1. The molecule has 2 aromatic carbocycles. The van der Waals surface area contributed by atoms with E-state index in [0.29, 0.717) is 5.57 Å². The number of thioether (sulfide) groups is 1. The number of rotatable bonds is 4. The Hall–Kier alpha value is -2.35. The first-order valence-corrected chi connectivity index (χ1v) is 9.18. The predicted octanol–water partition coefficient (Wildman–Crippen LogP) is 5.60. The molecule has 4 heteroatoms. The Kier molecular flexibility index (Phi) is 4.92. The lowest BCUT2D eigenvalue weighted by Crippen LogP contribution is -1.83. The summed E-state index contributed by atoms with van der Waals surface area (Å²) in [4.78, 5) is 5.81. The lowest BCUT2D eigenvalue weighted by Gasteiger charge is -1.98. The van der Waals surface area contributed by atoms with Gasteiger partial charge >= 0.3 is 0 Å². The zero-order valence-electron chi connectivity index (χ0n) is 12.6. The number of nitrogens with zero attached hydrogens (tertiary/aromatic N) is 2. The number of benzene rings is 2. The first-order chi connectivity index (χ1) is 11.3. The maximum absolute atomic E-state index is 9.47. The fourth-order valence-corrected chi connectivity index (χ4v) is 3.35. The smallest absolute Gasteiger partial charge is 0.134 e. The minimum Gasteiger partial charge on any atom is -0.235 e. The Bertz CT molecular complexity index is 856. The second kappa shape index (κ2) is 7.28. The van der Waals surface area contributed by atoms with Crippen molar-refractivity contribution in [2.45, 2.75) is 4.90 Å². The van der Waals surface area contributed by atoms with Crippen molar-refractivity contribution in [2.24, 2.45) is 0 Å². The van der Waals surface area contributed by atoms with Crippen molar-refractivity contribution >= 4 is 34.7 Å². The summed E-state index contributed by atoms with van der Waals surface area (Å²) in [6.45, 7) is 0. The molecule has 0 aliphatic rings. The Balaban J connectivity index is 1.90. The fraction of sp³-hybridized carbons (Fsp3) is 0.0526. The van der Waals surface area contributed by atoms with E-state index >= 15 is 0 Å². The van der Waals surface area contributed by atoms with E-state index in [-0.39, 0.29) is 0 Å². The highest BCUT2D eigenvalue weighted by molar-refractivity contribution is 7.98. The van der Waals surface area contributed by atoms with Crippen LogP contribution in [0.2, 0.25) is 0 Å². The van der Waals surface area contributed by atoms with E-state index in [1.807, 2.05) is 60.2 Å². The molecule has 1 aromatic heterocycles. The molecule has 0 atom stereocenters. The normalized spacial score (nSPS) is 11.2. The van der Waals surface area contributed by atoms with E-state index in [9.17, 15) is 5.26 Å². The third kappa shape index (κ3) is 3.70. The topological polar surface area (TPSA) is 36.7 Å². The summed E-state index contributed by atoms with van der Waals surface area (Å²) < 4.78 is 0. The van der Waals surface area contributed by atoms with Gasteiger partial charge in [0, 0.05) is 15.8 Å². The van der Waals surface area contributed by atoms with Crippen molar-refractivity contribution in [3.05, 3.63) is 70.5 Å². The molecule has 0 saturated heterocycles. The molecule has 23 heavy (non-hydrogen) atoms. The predicted molar refractivity (Wildman–Crippen MR) is 99.3 cm³/mol. The largest absolute Gasteiger partial charge is 0.235 e. The van der Waals surface area contributed by atoms with Crippen molar-refractivity contribution in [1.82, 2.24) is 4.98 Å². The molecule has 0 N–H and O–H groups in total. The van der Waals surface area contributed by atoms with Crippen LogP contribution in [-0.4, -0.2) is 11.2 Å². The second-order valence-electron chi connectivity index (χ2n) is 4.85. The molecule has 0 aliphatic heterocycles. The average Bonchev–Trinajstić information content (AvgIpc) is 3.11. The van der Waals surface area contributed by atoms with Crippen molar-refractivity contribution in [3.8, 4) is 17.3 Å². The SMILES string of the molecule is CSc1ccc(/C=C(\C#N)c2nc(-c3ccccc3)cs2)cc1. The van der Waals surface area contributed by atoms with Gasteiger partial charge in [0.1, 0.15) is 11.1 Å². The lowest BCUT2D eigenvalue weighted by molar-refractivity contribution is 1.37. The molecule has 0 saturated carbocycles. The van der Waals surface area contributed by atoms with Gasteiger partial charge in [-0.05, 0) is 30.0 Å². The van der Waals surface area contributed by atoms with Crippen molar-refractivity contribution in [2.75, 3.05) is 6.26 Å². The van der Waals surface area contributed by atoms with Gasteiger partial charge in [0.25, 0.3) is 0 Å². The molecule has 0 unspecified atom stereocenters. The molecular weight excluding hydrogens is 320 g/mol. The minimum absolute atomic E-state index is 0.592. The van der Waals surface area contributed by atoms with E-state index in [1.54, 1.807) is 11.8 Å². The average molecular weight is 334 g/mol. The van der Waals surface area contributed by atoms with E-state index in [4.69, 9.17) is 0 Å². The summed E-state index contributed by atoms with van der Waals surface area (Å²) in [6.07, 6.45) is 3.93. The van der Waals surface area contributed by atoms with Crippen LogP contribution in [0, 0.1) is 11.3 Å². The maximum Gasteiger partial charge on any atom is 0.134 e. The van der Waals surface area contributed by atoms with Crippen LogP contribution >= 0.6 is 23.1 Å². The minimum atomic E-state index is 0.592. The first kappa shape index (κ1) is 15.5. The van der Waals surface area contributed by atoms with Gasteiger partial charge in [-0.15, -0.1) is 23.1 Å². The van der Waals surface area contributed by atoms with Crippen molar-refractivity contribution < 1.29 is 0 Å². The summed E-state index contributed by atoms with van der Waals surface area (Å²) in [5.41, 5.74) is 3.57. The van der Waals surface area contributed by atoms with Crippen molar-refractivity contribution in [3.63, 3.8) is 0 Å². The molecular formula is C19H14N2S2. The monoisotopic (exact) mass is 334 g/mol. The summed E-state index contributed by atoms with van der Waals surface area (Å²) in [6, 6.07) is 20.4. The zero-order chi connectivity index (χ0) is 16.1. The summed E-state index contributed by atoms with van der Waals surface area (Å²) >= 11 is 3.20. The van der Waals surface area contributed by atoms with Gasteiger partial charge in [0.15, 0.2) is 0 Å². The van der Waals surface area contributed by atoms with Crippen LogP contribution in [0.3, 0.4) is 0 Å². The van der Waals surface area contributed by atoms with Gasteiger partial charge in [-0.1, -0.05) is 42.5 Å². The van der Waals surface area contributed by atoms with Gasteiger partial charge in [-0.2, -0.15) is 5.26 Å². The second-order valence-corrected chi connectivity index (χ2v) is 6.58. The van der Waals surface area contributed by atoms with Gasteiger partial charge in [0.2, 0.25) is 0 Å². The summed E-state index contributed by atoms with van der Waals surface area (Å²) in [5.74, 6) is 0. The highest BCUT2D eigenvalue weighted by Crippen LogP contribution is 2.27. The van der Waals surface area contributed by atoms with Crippen LogP contribution in [0.4, 0.5) is 0 Å². The molecule has 0 aliphatic carbocycles. The molecule has 0 amide bonds. The summed E-state index contributed by atoms with van der Waals surface area (Å²) in [7, 11) is 0. The standard InChI is InChI=1S/C19H14N2S2/c1-22-17-9-7-14(8-10-17)11-16(12-20)19-21-18(13-23-19)15-5-3-2-4-6-15/h2-11,13H,1H3/b16-11+. The zero-order valence-corrected chi connectivity index (χ0v) is 14.2. The van der Waals surface area contributed by atoms with Crippen LogP contribution < -0.4 is 0 Å². The van der Waals surface area contributed by atoms with Crippen LogP contribution in [0.15, 0.2) is 64.9 Å². The van der Waals surface area contributed by atoms with Crippen LogP contribution in [-0.2, 0) is 0 Å². The quantitative estimate of drug-likeness (QED) is 0.460. The third-order valence-electron chi connectivity index (χ3n) is 3.35.